The summed E-state index contributed by atoms with van der Waals surface area (Å²) in [6.45, 7) is 5.84. The maximum Gasteiger partial charge on any atom is 0.336 e. The molecule has 0 spiro atoms. The molecular weight excluding hydrogens is 190 g/mol. The smallest absolute Gasteiger partial charge is 0.336 e. The van der Waals surface area contributed by atoms with Crippen LogP contribution in [0.5, 0.6) is 5.75 Å². The number of hydrogen-bond donors (Lipinski definition) is 1. The molecule has 1 aromatic rings. The van der Waals surface area contributed by atoms with Gasteiger partial charge in [0.15, 0.2) is 5.75 Å². The normalized spacial score (nSPS) is 24.1. The van der Waals surface area contributed by atoms with Crippen LogP contribution in [-0.4, -0.2) is 11.5 Å². The largest absolute Gasteiger partial charge is 0.423 e. The average molecular weight is 205 g/mol. The van der Waals surface area contributed by atoms with Gasteiger partial charge in [0.1, 0.15) is 5.54 Å². The van der Waals surface area contributed by atoms with Crippen molar-refractivity contribution in [1.29, 1.82) is 0 Å². The van der Waals surface area contributed by atoms with E-state index in [9.17, 15) is 4.79 Å². The first-order valence-electron chi connectivity index (χ1n) is 5.17. The van der Waals surface area contributed by atoms with Gasteiger partial charge in [-0.2, -0.15) is 0 Å². The van der Waals surface area contributed by atoms with Gasteiger partial charge in [-0.1, -0.05) is 19.1 Å². The van der Waals surface area contributed by atoms with Gasteiger partial charge in [0.2, 0.25) is 0 Å². The third-order valence-corrected chi connectivity index (χ3v) is 3.00. The number of carbonyl (C=O) groups excluding carboxylic acids is 1. The van der Waals surface area contributed by atoms with E-state index in [-0.39, 0.29) is 5.97 Å². The molecule has 0 aromatic heterocycles. The van der Waals surface area contributed by atoms with Crippen molar-refractivity contribution in [2.75, 3.05) is 5.32 Å². The number of hydrogen-bond acceptors (Lipinski definition) is 3. The molecule has 15 heavy (non-hydrogen) atoms. The number of aryl methyl sites for hydroxylation is 1. The molecule has 1 atom stereocenters. The predicted molar refractivity (Wildman–Crippen MR) is 59.1 cm³/mol. The van der Waals surface area contributed by atoms with Crippen molar-refractivity contribution in [2.24, 2.45) is 0 Å². The number of esters is 1. The van der Waals surface area contributed by atoms with Crippen molar-refractivity contribution < 1.29 is 9.53 Å². The van der Waals surface area contributed by atoms with E-state index >= 15 is 0 Å². The molecule has 0 saturated heterocycles. The highest BCUT2D eigenvalue weighted by molar-refractivity contribution is 5.91. The second kappa shape index (κ2) is 3.26. The average Bonchev–Trinajstić information content (AvgIpc) is 2.22. The molecule has 0 fully saturated rings. The van der Waals surface area contributed by atoms with Crippen LogP contribution >= 0.6 is 0 Å². The summed E-state index contributed by atoms with van der Waals surface area (Å²) in [4.78, 5) is 11.7. The maximum absolute atomic E-state index is 11.7. The summed E-state index contributed by atoms with van der Waals surface area (Å²) < 4.78 is 5.32. The molecule has 0 bridgehead atoms. The molecule has 2 rings (SSSR count). The Morgan fingerprint density at radius 3 is 2.87 bits per heavy atom. The minimum atomic E-state index is -0.598. The summed E-state index contributed by atoms with van der Waals surface area (Å²) in [6, 6.07) is 5.70. The predicted octanol–water partition coefficient (Wildman–Crippen LogP) is 2.49. The lowest BCUT2D eigenvalue weighted by Gasteiger charge is -2.34. The molecule has 3 nitrogen and oxygen atoms in total. The monoisotopic (exact) mass is 205 g/mol. The number of ether oxygens (including phenoxy) is 1. The van der Waals surface area contributed by atoms with E-state index in [1.54, 1.807) is 0 Å². The molecule has 1 heterocycles. The number of nitrogens with one attached hydrogen (secondary N) is 1. The Kier molecular flexibility index (Phi) is 2.18. The first-order chi connectivity index (χ1) is 7.07. The van der Waals surface area contributed by atoms with Gasteiger partial charge in [-0.15, -0.1) is 0 Å². The lowest BCUT2D eigenvalue weighted by Crippen LogP contribution is -2.48. The maximum atomic E-state index is 11.7. The number of anilines is 1. The van der Waals surface area contributed by atoms with Crippen molar-refractivity contribution in [3.63, 3.8) is 0 Å². The summed E-state index contributed by atoms with van der Waals surface area (Å²) >= 11 is 0. The first kappa shape index (κ1) is 10.0. The van der Waals surface area contributed by atoms with Crippen LogP contribution in [0.3, 0.4) is 0 Å². The Morgan fingerprint density at radius 2 is 2.20 bits per heavy atom. The molecule has 1 unspecified atom stereocenters. The number of benzene rings is 1. The lowest BCUT2D eigenvalue weighted by atomic mass is 9.96. The van der Waals surface area contributed by atoms with Crippen LogP contribution in [0.4, 0.5) is 5.69 Å². The van der Waals surface area contributed by atoms with Crippen molar-refractivity contribution in [3.8, 4) is 5.75 Å². The molecule has 1 aliphatic heterocycles. The minimum Gasteiger partial charge on any atom is -0.423 e. The van der Waals surface area contributed by atoms with Crippen LogP contribution in [-0.2, 0) is 4.79 Å². The van der Waals surface area contributed by atoms with Crippen molar-refractivity contribution >= 4 is 11.7 Å². The zero-order valence-electron chi connectivity index (χ0n) is 9.26. The Bertz CT molecular complexity index is 414. The van der Waals surface area contributed by atoms with Crippen LogP contribution in [0.15, 0.2) is 18.2 Å². The third kappa shape index (κ3) is 1.48. The van der Waals surface area contributed by atoms with Crippen LogP contribution in [0.1, 0.15) is 25.8 Å². The van der Waals surface area contributed by atoms with E-state index in [2.05, 4.69) is 5.32 Å². The van der Waals surface area contributed by atoms with Crippen LogP contribution in [0.2, 0.25) is 0 Å². The molecule has 80 valence electrons. The minimum absolute atomic E-state index is 0.205. The van der Waals surface area contributed by atoms with Gasteiger partial charge in [0.25, 0.3) is 0 Å². The highest BCUT2D eigenvalue weighted by atomic mass is 16.5. The molecule has 1 aliphatic rings. The highest BCUT2D eigenvalue weighted by Gasteiger charge is 2.38. The van der Waals surface area contributed by atoms with Gasteiger partial charge in [0, 0.05) is 0 Å². The lowest BCUT2D eigenvalue weighted by molar-refractivity contribution is -0.139. The number of rotatable bonds is 1. The van der Waals surface area contributed by atoms with E-state index < -0.39 is 5.54 Å². The van der Waals surface area contributed by atoms with Crippen LogP contribution in [0.25, 0.3) is 0 Å². The molecule has 3 heteroatoms. The number of para-hydroxylation sites is 1. The molecular formula is C12H15NO2. The van der Waals surface area contributed by atoms with E-state index in [4.69, 9.17) is 4.74 Å². The summed E-state index contributed by atoms with van der Waals surface area (Å²) in [5, 5.41) is 3.27. The Morgan fingerprint density at radius 1 is 1.47 bits per heavy atom. The van der Waals surface area contributed by atoms with E-state index in [0.29, 0.717) is 12.2 Å². The molecule has 0 radical (unpaired) electrons. The first-order valence-corrected chi connectivity index (χ1v) is 5.17. The standard InChI is InChI=1S/C12H15NO2/c1-4-12(3)11(14)15-9-7-5-6-8(2)10(9)13-12/h5-7,13H,4H2,1-3H3. The van der Waals surface area contributed by atoms with Gasteiger partial charge in [-0.3, -0.25) is 0 Å². The van der Waals surface area contributed by atoms with Crippen molar-refractivity contribution in [2.45, 2.75) is 32.7 Å². The zero-order valence-corrected chi connectivity index (χ0v) is 9.26. The van der Waals surface area contributed by atoms with Crippen molar-refractivity contribution in [1.82, 2.24) is 0 Å². The third-order valence-electron chi connectivity index (χ3n) is 3.00. The Labute approximate surface area is 89.4 Å². The molecule has 0 amide bonds. The van der Waals surface area contributed by atoms with E-state index in [1.807, 2.05) is 39.0 Å². The summed E-state index contributed by atoms with van der Waals surface area (Å²) in [7, 11) is 0. The highest BCUT2D eigenvalue weighted by Crippen LogP contribution is 2.36. The van der Waals surface area contributed by atoms with Gasteiger partial charge < -0.3 is 10.1 Å². The summed E-state index contributed by atoms with van der Waals surface area (Å²) in [5.41, 5.74) is 1.43. The number of fused-ring (bicyclic) bond motifs is 1. The van der Waals surface area contributed by atoms with Gasteiger partial charge in [-0.05, 0) is 31.9 Å². The molecule has 0 saturated carbocycles. The Hall–Kier alpha value is -1.51. The van der Waals surface area contributed by atoms with Gasteiger partial charge >= 0.3 is 5.97 Å². The topological polar surface area (TPSA) is 38.3 Å². The van der Waals surface area contributed by atoms with Gasteiger partial charge in [-0.25, -0.2) is 4.79 Å². The van der Waals surface area contributed by atoms with Gasteiger partial charge in [0.05, 0.1) is 5.69 Å². The Balaban J connectivity index is 2.48. The molecule has 1 aromatic carbocycles. The second-order valence-corrected chi connectivity index (χ2v) is 4.15. The summed E-state index contributed by atoms with van der Waals surface area (Å²) in [5.74, 6) is 0.425. The molecule has 0 aliphatic carbocycles. The van der Waals surface area contributed by atoms with Crippen molar-refractivity contribution in [3.05, 3.63) is 23.8 Å². The quantitative estimate of drug-likeness (QED) is 0.565. The van der Waals surface area contributed by atoms with E-state index in [1.165, 1.54) is 0 Å². The van der Waals surface area contributed by atoms with E-state index in [0.717, 1.165) is 11.3 Å². The van der Waals surface area contributed by atoms with Crippen LogP contribution < -0.4 is 10.1 Å². The fourth-order valence-electron chi connectivity index (χ4n) is 1.66. The zero-order chi connectivity index (χ0) is 11.1. The second-order valence-electron chi connectivity index (χ2n) is 4.15. The molecule has 1 N–H and O–H groups in total. The summed E-state index contributed by atoms with van der Waals surface area (Å²) in [6.07, 6.45) is 0.708. The number of carbonyl (C=O) groups is 1. The fraction of sp³-hybridized carbons (Fsp3) is 0.417. The van der Waals surface area contributed by atoms with Crippen LogP contribution in [0, 0.1) is 6.92 Å². The fourth-order valence-corrected chi connectivity index (χ4v) is 1.66. The SMILES string of the molecule is CCC1(C)Nc2c(C)cccc2OC1=O.